The molecule has 3 aromatic rings. The number of methoxy groups -OCH3 is 1. The zero-order valence-corrected chi connectivity index (χ0v) is 21.6. The fraction of sp³-hybridized carbons (Fsp3) is 0.259. The molecular formula is C27H31N3O5S. The van der Waals surface area contributed by atoms with Crippen LogP contribution in [0.3, 0.4) is 0 Å². The Morgan fingerprint density at radius 1 is 0.972 bits per heavy atom. The number of para-hydroxylation sites is 1. The third kappa shape index (κ3) is 6.50. The normalized spacial score (nSPS) is 12.1. The van der Waals surface area contributed by atoms with Crippen molar-refractivity contribution < 1.29 is 22.7 Å². The molecule has 0 bridgehead atoms. The predicted molar refractivity (Wildman–Crippen MR) is 140 cm³/mol. The molecule has 0 aliphatic carbocycles. The third-order valence-corrected chi connectivity index (χ3v) is 7.56. The molecule has 8 nitrogen and oxygen atoms in total. The summed E-state index contributed by atoms with van der Waals surface area (Å²) in [6.45, 7) is 1.90. The number of amides is 2. The van der Waals surface area contributed by atoms with Crippen molar-refractivity contribution in [3.05, 3.63) is 89.5 Å². The highest BCUT2D eigenvalue weighted by Gasteiger charge is 2.20. The minimum atomic E-state index is -3.62. The molecule has 190 valence electrons. The first-order valence-corrected chi connectivity index (χ1v) is 12.9. The number of hydrogen-bond acceptors (Lipinski definition) is 5. The van der Waals surface area contributed by atoms with Crippen LogP contribution in [0.15, 0.2) is 77.7 Å². The zero-order valence-electron chi connectivity index (χ0n) is 20.8. The molecule has 3 aromatic carbocycles. The highest BCUT2D eigenvalue weighted by molar-refractivity contribution is 7.89. The van der Waals surface area contributed by atoms with Crippen LogP contribution in [0.4, 0.5) is 5.69 Å². The van der Waals surface area contributed by atoms with Gasteiger partial charge in [0.25, 0.3) is 5.91 Å². The monoisotopic (exact) mass is 509 g/mol. The number of aryl methyl sites for hydroxylation is 1. The maximum Gasteiger partial charge on any atom is 0.253 e. The largest absolute Gasteiger partial charge is 0.496 e. The number of carbonyl (C=O) groups excluding carboxylic acids is 2. The third-order valence-electron chi connectivity index (χ3n) is 5.74. The fourth-order valence-electron chi connectivity index (χ4n) is 3.67. The van der Waals surface area contributed by atoms with Gasteiger partial charge in [-0.15, -0.1) is 0 Å². The lowest BCUT2D eigenvalue weighted by molar-refractivity contribution is -0.116. The van der Waals surface area contributed by atoms with E-state index in [1.54, 1.807) is 30.3 Å². The summed E-state index contributed by atoms with van der Waals surface area (Å²) in [5.74, 6) is -0.116. The quantitative estimate of drug-likeness (QED) is 0.430. The van der Waals surface area contributed by atoms with Crippen molar-refractivity contribution >= 4 is 27.5 Å². The molecule has 0 unspecified atom stereocenters. The molecule has 2 amide bonds. The Balaban J connectivity index is 1.71. The molecule has 3 rings (SSSR count). The van der Waals surface area contributed by atoms with E-state index < -0.39 is 10.0 Å². The number of carbonyl (C=O) groups is 2. The lowest BCUT2D eigenvalue weighted by Crippen LogP contribution is -2.28. The van der Waals surface area contributed by atoms with Gasteiger partial charge >= 0.3 is 0 Å². The Kier molecular flexibility index (Phi) is 8.84. The highest BCUT2D eigenvalue weighted by atomic mass is 32.2. The molecule has 9 heteroatoms. The van der Waals surface area contributed by atoms with Gasteiger partial charge in [0.2, 0.25) is 15.9 Å². The minimum absolute atomic E-state index is 0.0677. The van der Waals surface area contributed by atoms with Crippen LogP contribution >= 0.6 is 0 Å². The molecule has 0 fully saturated rings. The molecule has 0 spiro atoms. The van der Waals surface area contributed by atoms with E-state index in [1.165, 1.54) is 33.3 Å². The van der Waals surface area contributed by atoms with Crippen molar-refractivity contribution in [2.75, 3.05) is 26.5 Å². The van der Waals surface area contributed by atoms with Crippen molar-refractivity contribution in [3.8, 4) is 5.75 Å². The lowest BCUT2D eigenvalue weighted by Gasteiger charge is -2.17. The second kappa shape index (κ2) is 11.8. The molecule has 0 saturated carbocycles. The standard InChI is InChI=1S/C27H31N3O5S/c1-19(20-10-6-5-7-11-20)28-27(32)23-12-8-9-13-24(23)29-26(31)17-14-21-18-22(15-16-25(21)35-4)36(33,34)30(2)3/h5-13,15-16,18-19H,14,17H2,1-4H3,(H,28,32)(H,29,31)/t19-/m0/s1. The summed E-state index contributed by atoms with van der Waals surface area (Å²) in [6, 6.07) is 20.8. The summed E-state index contributed by atoms with van der Waals surface area (Å²) in [7, 11) is 0.785. The van der Waals surface area contributed by atoms with Crippen LogP contribution in [0.25, 0.3) is 0 Å². The molecule has 0 aliphatic rings. The van der Waals surface area contributed by atoms with Crippen molar-refractivity contribution in [1.29, 1.82) is 0 Å². The minimum Gasteiger partial charge on any atom is -0.496 e. The second-order valence-electron chi connectivity index (χ2n) is 8.46. The van der Waals surface area contributed by atoms with E-state index in [9.17, 15) is 18.0 Å². The molecule has 1 atom stereocenters. The van der Waals surface area contributed by atoms with E-state index >= 15 is 0 Å². The van der Waals surface area contributed by atoms with Gasteiger partial charge in [-0.3, -0.25) is 9.59 Å². The van der Waals surface area contributed by atoms with Crippen molar-refractivity contribution in [2.24, 2.45) is 0 Å². The number of anilines is 1. The van der Waals surface area contributed by atoms with Crippen LogP contribution in [0.2, 0.25) is 0 Å². The van der Waals surface area contributed by atoms with Gasteiger partial charge in [0.05, 0.1) is 29.3 Å². The Morgan fingerprint density at radius 3 is 2.31 bits per heavy atom. The second-order valence-corrected chi connectivity index (χ2v) is 10.6. The highest BCUT2D eigenvalue weighted by Crippen LogP contribution is 2.25. The number of rotatable bonds is 10. The summed E-state index contributed by atoms with van der Waals surface area (Å²) in [5, 5.41) is 5.77. The first-order valence-electron chi connectivity index (χ1n) is 11.5. The Labute approximate surface area is 212 Å². The summed E-state index contributed by atoms with van der Waals surface area (Å²) >= 11 is 0. The molecule has 0 aliphatic heterocycles. The van der Waals surface area contributed by atoms with Crippen LogP contribution in [0.1, 0.15) is 40.9 Å². The van der Waals surface area contributed by atoms with Gasteiger partial charge in [-0.2, -0.15) is 0 Å². The van der Waals surface area contributed by atoms with E-state index in [-0.39, 0.29) is 35.6 Å². The topological polar surface area (TPSA) is 105 Å². The number of ether oxygens (including phenoxy) is 1. The zero-order chi connectivity index (χ0) is 26.3. The SMILES string of the molecule is COc1ccc(S(=O)(=O)N(C)C)cc1CCC(=O)Nc1ccccc1C(=O)N[C@@H](C)c1ccccc1. The van der Waals surface area contributed by atoms with Crippen molar-refractivity contribution in [3.63, 3.8) is 0 Å². The first-order chi connectivity index (χ1) is 17.1. The smallest absolute Gasteiger partial charge is 0.253 e. The summed E-state index contributed by atoms with van der Waals surface area (Å²) in [4.78, 5) is 25.8. The summed E-state index contributed by atoms with van der Waals surface area (Å²) < 4.78 is 31.5. The number of sulfonamides is 1. The Morgan fingerprint density at radius 2 is 1.64 bits per heavy atom. The molecule has 36 heavy (non-hydrogen) atoms. The van der Waals surface area contributed by atoms with Gasteiger partial charge in [0.15, 0.2) is 0 Å². The molecule has 0 heterocycles. The van der Waals surface area contributed by atoms with Crippen LogP contribution < -0.4 is 15.4 Å². The molecule has 0 radical (unpaired) electrons. The van der Waals surface area contributed by atoms with Gasteiger partial charge in [0.1, 0.15) is 5.75 Å². The van der Waals surface area contributed by atoms with Gasteiger partial charge in [-0.25, -0.2) is 12.7 Å². The van der Waals surface area contributed by atoms with Crippen molar-refractivity contribution in [1.82, 2.24) is 9.62 Å². The van der Waals surface area contributed by atoms with Crippen molar-refractivity contribution in [2.45, 2.75) is 30.7 Å². The van der Waals surface area contributed by atoms with Crippen LogP contribution in [0.5, 0.6) is 5.75 Å². The maximum atomic E-state index is 12.9. The molecular weight excluding hydrogens is 478 g/mol. The van der Waals surface area contributed by atoms with Crippen LogP contribution in [-0.2, 0) is 21.2 Å². The van der Waals surface area contributed by atoms with E-state index in [0.29, 0.717) is 22.6 Å². The Bertz CT molecular complexity index is 1320. The Hall–Kier alpha value is -3.69. The average molecular weight is 510 g/mol. The number of hydrogen-bond donors (Lipinski definition) is 2. The first kappa shape index (κ1) is 26.9. The van der Waals surface area contributed by atoms with E-state index in [4.69, 9.17) is 4.74 Å². The van der Waals surface area contributed by atoms with Crippen LogP contribution in [0, 0.1) is 0 Å². The van der Waals surface area contributed by atoms with Gasteiger partial charge in [0, 0.05) is 20.5 Å². The van der Waals surface area contributed by atoms with Crippen LogP contribution in [-0.4, -0.2) is 45.7 Å². The van der Waals surface area contributed by atoms with E-state index in [0.717, 1.165) is 9.87 Å². The fourth-order valence-corrected chi connectivity index (χ4v) is 4.62. The van der Waals surface area contributed by atoms with E-state index in [1.807, 2.05) is 37.3 Å². The summed E-state index contributed by atoms with van der Waals surface area (Å²) in [5.41, 5.74) is 2.32. The lowest BCUT2D eigenvalue weighted by atomic mass is 10.1. The molecule has 0 saturated heterocycles. The number of nitrogens with zero attached hydrogens (tertiary/aromatic N) is 1. The maximum absolute atomic E-state index is 12.9. The molecule has 0 aromatic heterocycles. The number of nitrogens with one attached hydrogen (secondary N) is 2. The van der Waals surface area contributed by atoms with E-state index in [2.05, 4.69) is 10.6 Å². The van der Waals surface area contributed by atoms with Gasteiger partial charge in [-0.1, -0.05) is 42.5 Å². The predicted octanol–water partition coefficient (Wildman–Crippen LogP) is 4.01. The van der Waals surface area contributed by atoms with Gasteiger partial charge in [-0.05, 0) is 54.8 Å². The average Bonchev–Trinajstić information content (AvgIpc) is 2.87. The molecule has 2 N–H and O–H groups in total. The van der Waals surface area contributed by atoms with Gasteiger partial charge < -0.3 is 15.4 Å². The summed E-state index contributed by atoms with van der Waals surface area (Å²) in [6.07, 6.45) is 0.323. The number of benzene rings is 3.